The maximum Gasteiger partial charge on any atom is 0.253 e. The Morgan fingerprint density at radius 1 is 0.903 bits per heavy atom. The fourth-order valence-corrected chi connectivity index (χ4v) is 4.32. The lowest BCUT2D eigenvalue weighted by atomic mass is 10.1. The number of aromatic nitrogens is 1. The van der Waals surface area contributed by atoms with Gasteiger partial charge in [-0.3, -0.25) is 9.59 Å². The first-order chi connectivity index (χ1) is 15.2. The third-order valence-corrected chi connectivity index (χ3v) is 5.98. The molecule has 0 bridgehead atoms. The van der Waals surface area contributed by atoms with Crippen molar-refractivity contribution < 1.29 is 9.59 Å². The van der Waals surface area contributed by atoms with Gasteiger partial charge in [0.25, 0.3) is 5.91 Å². The van der Waals surface area contributed by atoms with Crippen molar-refractivity contribution in [2.75, 3.05) is 36.0 Å². The summed E-state index contributed by atoms with van der Waals surface area (Å²) in [5.74, 6) is 1.05. The smallest absolute Gasteiger partial charge is 0.253 e. The summed E-state index contributed by atoms with van der Waals surface area (Å²) >= 11 is 0. The number of carbonyl (C=O) groups is 2. The highest BCUT2D eigenvalue weighted by atomic mass is 16.2. The highest BCUT2D eigenvalue weighted by Gasteiger charge is 2.29. The van der Waals surface area contributed by atoms with Crippen LogP contribution in [0.3, 0.4) is 0 Å². The number of benzene rings is 2. The van der Waals surface area contributed by atoms with Crippen LogP contribution in [-0.2, 0) is 17.8 Å². The van der Waals surface area contributed by atoms with E-state index in [1.807, 2.05) is 76.5 Å². The fraction of sp³-hybridized carbons (Fsp3) is 0.240. The molecule has 6 nitrogen and oxygen atoms in total. The number of piperazine rings is 1. The van der Waals surface area contributed by atoms with Gasteiger partial charge in [-0.1, -0.05) is 36.4 Å². The molecule has 1 fully saturated rings. The second-order valence-electron chi connectivity index (χ2n) is 7.95. The maximum absolute atomic E-state index is 13.1. The monoisotopic (exact) mass is 412 g/mol. The van der Waals surface area contributed by atoms with E-state index in [4.69, 9.17) is 0 Å². The van der Waals surface area contributed by atoms with Crippen LogP contribution in [-0.4, -0.2) is 47.9 Å². The summed E-state index contributed by atoms with van der Waals surface area (Å²) in [4.78, 5) is 36.0. The zero-order valence-corrected chi connectivity index (χ0v) is 17.3. The lowest BCUT2D eigenvalue weighted by molar-refractivity contribution is -0.117. The van der Waals surface area contributed by atoms with E-state index in [0.29, 0.717) is 31.6 Å². The molecule has 0 saturated carbocycles. The SMILES string of the molecule is O=C(c1ccc2c(c1)CC(=O)N2Cc1ccccc1)N1CCN(c2ccccn2)CC1. The molecule has 31 heavy (non-hydrogen) atoms. The predicted molar refractivity (Wildman–Crippen MR) is 120 cm³/mol. The van der Waals surface area contributed by atoms with E-state index in [1.54, 1.807) is 6.20 Å². The Bertz CT molecular complexity index is 1090. The van der Waals surface area contributed by atoms with Crippen LogP contribution in [0.15, 0.2) is 72.9 Å². The summed E-state index contributed by atoms with van der Waals surface area (Å²) in [6.07, 6.45) is 2.14. The lowest BCUT2D eigenvalue weighted by Crippen LogP contribution is -2.49. The van der Waals surface area contributed by atoms with E-state index < -0.39 is 0 Å². The van der Waals surface area contributed by atoms with Gasteiger partial charge in [-0.05, 0) is 41.5 Å². The maximum atomic E-state index is 13.1. The summed E-state index contributed by atoms with van der Waals surface area (Å²) in [7, 11) is 0. The predicted octanol–water partition coefficient (Wildman–Crippen LogP) is 3.13. The number of hydrogen-bond acceptors (Lipinski definition) is 4. The molecule has 2 aliphatic rings. The van der Waals surface area contributed by atoms with Crippen LogP contribution in [0.25, 0.3) is 0 Å². The lowest BCUT2D eigenvalue weighted by Gasteiger charge is -2.35. The topological polar surface area (TPSA) is 56.8 Å². The minimum atomic E-state index is 0.0254. The Hall–Kier alpha value is -3.67. The van der Waals surface area contributed by atoms with Crippen molar-refractivity contribution in [2.24, 2.45) is 0 Å². The second kappa shape index (κ2) is 8.22. The van der Waals surface area contributed by atoms with Crippen LogP contribution in [0.4, 0.5) is 11.5 Å². The summed E-state index contributed by atoms with van der Waals surface area (Å²) in [5, 5.41) is 0. The van der Waals surface area contributed by atoms with E-state index in [1.165, 1.54) is 0 Å². The van der Waals surface area contributed by atoms with Gasteiger partial charge < -0.3 is 14.7 Å². The Kier molecular flexibility index (Phi) is 5.12. The van der Waals surface area contributed by atoms with E-state index in [2.05, 4.69) is 9.88 Å². The van der Waals surface area contributed by atoms with Gasteiger partial charge in [0.2, 0.25) is 5.91 Å². The van der Waals surface area contributed by atoms with Crippen molar-refractivity contribution in [1.29, 1.82) is 0 Å². The third-order valence-electron chi connectivity index (χ3n) is 5.98. The second-order valence-corrected chi connectivity index (χ2v) is 7.95. The molecule has 0 radical (unpaired) electrons. The van der Waals surface area contributed by atoms with E-state index in [-0.39, 0.29) is 11.8 Å². The minimum absolute atomic E-state index is 0.0254. The third kappa shape index (κ3) is 3.89. The normalized spacial score (nSPS) is 15.9. The number of carbonyl (C=O) groups excluding carboxylic acids is 2. The van der Waals surface area contributed by atoms with Gasteiger partial charge in [0, 0.05) is 43.6 Å². The molecular weight excluding hydrogens is 388 g/mol. The van der Waals surface area contributed by atoms with Crippen molar-refractivity contribution in [3.63, 3.8) is 0 Å². The number of anilines is 2. The van der Waals surface area contributed by atoms with Gasteiger partial charge in [0.05, 0.1) is 13.0 Å². The minimum Gasteiger partial charge on any atom is -0.353 e. The molecule has 0 spiro atoms. The van der Waals surface area contributed by atoms with Crippen LogP contribution in [0.2, 0.25) is 0 Å². The van der Waals surface area contributed by atoms with Gasteiger partial charge in [-0.15, -0.1) is 0 Å². The molecule has 2 aromatic carbocycles. The number of amides is 2. The first-order valence-corrected chi connectivity index (χ1v) is 10.6. The van der Waals surface area contributed by atoms with Gasteiger partial charge in [-0.2, -0.15) is 0 Å². The summed E-state index contributed by atoms with van der Waals surface area (Å²) in [6.45, 7) is 3.39. The quantitative estimate of drug-likeness (QED) is 0.661. The Morgan fingerprint density at radius 3 is 2.42 bits per heavy atom. The van der Waals surface area contributed by atoms with Crippen molar-refractivity contribution in [3.8, 4) is 0 Å². The average Bonchev–Trinajstić information content (AvgIpc) is 3.14. The summed E-state index contributed by atoms with van der Waals surface area (Å²) in [6, 6.07) is 21.5. The first-order valence-electron chi connectivity index (χ1n) is 10.6. The van der Waals surface area contributed by atoms with Crippen LogP contribution < -0.4 is 9.80 Å². The molecule has 3 heterocycles. The number of nitrogens with zero attached hydrogens (tertiary/aromatic N) is 4. The van der Waals surface area contributed by atoms with Crippen LogP contribution in [0.5, 0.6) is 0 Å². The zero-order chi connectivity index (χ0) is 21.2. The largest absolute Gasteiger partial charge is 0.353 e. The van der Waals surface area contributed by atoms with Crippen molar-refractivity contribution in [1.82, 2.24) is 9.88 Å². The standard InChI is InChI=1S/C25H24N4O2/c30-24-17-21-16-20(9-10-22(21)29(24)18-19-6-2-1-3-7-19)25(31)28-14-12-27(13-15-28)23-8-4-5-11-26-23/h1-11,16H,12-15,17-18H2. The molecule has 6 heteroatoms. The van der Waals surface area contributed by atoms with Crippen LogP contribution >= 0.6 is 0 Å². The fourth-order valence-electron chi connectivity index (χ4n) is 4.32. The van der Waals surface area contributed by atoms with Gasteiger partial charge >= 0.3 is 0 Å². The average molecular weight is 412 g/mol. The molecule has 0 aliphatic carbocycles. The van der Waals surface area contributed by atoms with E-state index in [0.717, 1.165) is 35.7 Å². The summed E-state index contributed by atoms with van der Waals surface area (Å²) < 4.78 is 0. The van der Waals surface area contributed by atoms with Crippen LogP contribution in [0.1, 0.15) is 21.5 Å². The molecule has 2 aliphatic heterocycles. The van der Waals surface area contributed by atoms with E-state index >= 15 is 0 Å². The molecule has 2 amide bonds. The Morgan fingerprint density at radius 2 is 1.68 bits per heavy atom. The van der Waals surface area contributed by atoms with Crippen molar-refractivity contribution in [3.05, 3.63) is 89.6 Å². The molecule has 0 N–H and O–H groups in total. The molecule has 1 aromatic heterocycles. The van der Waals surface area contributed by atoms with Gasteiger partial charge in [0.15, 0.2) is 0 Å². The van der Waals surface area contributed by atoms with Crippen molar-refractivity contribution >= 4 is 23.3 Å². The summed E-state index contributed by atoms with van der Waals surface area (Å²) in [5.41, 5.74) is 3.58. The highest BCUT2D eigenvalue weighted by Crippen LogP contribution is 2.31. The highest BCUT2D eigenvalue weighted by molar-refractivity contribution is 6.03. The molecule has 3 aromatic rings. The zero-order valence-electron chi connectivity index (χ0n) is 17.3. The Labute approximate surface area is 181 Å². The number of hydrogen-bond donors (Lipinski definition) is 0. The number of pyridine rings is 1. The molecule has 0 atom stereocenters. The molecular formula is C25H24N4O2. The molecule has 1 saturated heterocycles. The van der Waals surface area contributed by atoms with Gasteiger partial charge in [-0.25, -0.2) is 4.98 Å². The first kappa shape index (κ1) is 19.3. The molecule has 5 rings (SSSR count). The number of fused-ring (bicyclic) bond motifs is 1. The van der Waals surface area contributed by atoms with Crippen molar-refractivity contribution in [2.45, 2.75) is 13.0 Å². The molecule has 0 unspecified atom stereocenters. The van der Waals surface area contributed by atoms with E-state index in [9.17, 15) is 9.59 Å². The Balaban J connectivity index is 1.27. The molecule has 156 valence electrons. The van der Waals surface area contributed by atoms with Crippen LogP contribution in [0, 0.1) is 0 Å². The number of rotatable bonds is 4. The van der Waals surface area contributed by atoms with Gasteiger partial charge in [0.1, 0.15) is 5.82 Å².